The van der Waals surface area contributed by atoms with E-state index >= 15 is 0 Å². The fourth-order valence-corrected chi connectivity index (χ4v) is 2.13. The minimum atomic E-state index is -4.35. The SMILES string of the molecule is CC(C)c1ccc(NC(c2ccccc2)C(F)(F)F)cc1. The van der Waals surface area contributed by atoms with Crippen LogP contribution in [-0.2, 0) is 0 Å². The lowest BCUT2D eigenvalue weighted by Gasteiger charge is -2.23. The number of benzene rings is 2. The second-order valence-electron chi connectivity index (χ2n) is 5.31. The summed E-state index contributed by atoms with van der Waals surface area (Å²) in [6.07, 6.45) is -4.35. The molecule has 1 N–H and O–H groups in total. The van der Waals surface area contributed by atoms with Gasteiger partial charge in [-0.1, -0.05) is 56.3 Å². The summed E-state index contributed by atoms with van der Waals surface area (Å²) in [5, 5.41) is 2.58. The first-order chi connectivity index (χ1) is 9.88. The summed E-state index contributed by atoms with van der Waals surface area (Å²) in [7, 11) is 0. The van der Waals surface area contributed by atoms with Crippen LogP contribution in [0.5, 0.6) is 0 Å². The number of nitrogens with one attached hydrogen (secondary N) is 1. The molecule has 0 heterocycles. The maximum absolute atomic E-state index is 13.2. The predicted molar refractivity (Wildman–Crippen MR) is 79.4 cm³/mol. The zero-order valence-electron chi connectivity index (χ0n) is 12.0. The molecule has 0 spiro atoms. The molecule has 4 heteroatoms. The topological polar surface area (TPSA) is 12.0 Å². The van der Waals surface area contributed by atoms with Gasteiger partial charge in [-0.3, -0.25) is 0 Å². The van der Waals surface area contributed by atoms with Gasteiger partial charge in [0, 0.05) is 5.69 Å². The van der Waals surface area contributed by atoms with E-state index in [1.165, 1.54) is 12.1 Å². The van der Waals surface area contributed by atoms with E-state index < -0.39 is 12.2 Å². The van der Waals surface area contributed by atoms with E-state index in [9.17, 15) is 13.2 Å². The van der Waals surface area contributed by atoms with Crippen molar-refractivity contribution in [3.63, 3.8) is 0 Å². The van der Waals surface area contributed by atoms with Crippen LogP contribution < -0.4 is 5.32 Å². The maximum Gasteiger partial charge on any atom is 0.412 e. The van der Waals surface area contributed by atoms with Crippen LogP contribution in [0.15, 0.2) is 54.6 Å². The predicted octanol–water partition coefficient (Wildman–Crippen LogP) is 5.53. The highest BCUT2D eigenvalue weighted by molar-refractivity contribution is 5.47. The van der Waals surface area contributed by atoms with Gasteiger partial charge in [0.2, 0.25) is 0 Å². The summed E-state index contributed by atoms with van der Waals surface area (Å²) < 4.78 is 39.7. The van der Waals surface area contributed by atoms with Crippen LogP contribution in [0.4, 0.5) is 18.9 Å². The number of anilines is 1. The molecule has 0 saturated heterocycles. The molecule has 0 amide bonds. The summed E-state index contributed by atoms with van der Waals surface area (Å²) in [5.74, 6) is 0.353. The number of rotatable bonds is 4. The molecule has 0 bridgehead atoms. The van der Waals surface area contributed by atoms with Crippen LogP contribution in [-0.4, -0.2) is 6.18 Å². The first-order valence-electron chi connectivity index (χ1n) is 6.86. The average molecular weight is 293 g/mol. The van der Waals surface area contributed by atoms with Crippen molar-refractivity contribution in [3.8, 4) is 0 Å². The highest BCUT2D eigenvalue weighted by Crippen LogP contribution is 2.35. The van der Waals surface area contributed by atoms with E-state index in [0.717, 1.165) is 5.56 Å². The molecule has 0 fully saturated rings. The molecule has 0 aliphatic carbocycles. The number of halogens is 3. The van der Waals surface area contributed by atoms with Crippen LogP contribution in [0.1, 0.15) is 36.9 Å². The van der Waals surface area contributed by atoms with Crippen molar-refractivity contribution in [3.05, 3.63) is 65.7 Å². The van der Waals surface area contributed by atoms with E-state index in [1.54, 1.807) is 30.3 Å². The molecule has 112 valence electrons. The quantitative estimate of drug-likeness (QED) is 0.782. The Balaban J connectivity index is 2.24. The summed E-state index contributed by atoms with van der Waals surface area (Å²) in [6, 6.07) is 13.3. The molecule has 2 aromatic carbocycles. The van der Waals surface area contributed by atoms with Gasteiger partial charge in [-0.05, 0) is 29.2 Å². The lowest BCUT2D eigenvalue weighted by molar-refractivity contribution is -0.144. The Bertz CT molecular complexity index is 559. The second kappa shape index (κ2) is 6.20. The molecule has 2 rings (SSSR count). The molecule has 21 heavy (non-hydrogen) atoms. The summed E-state index contributed by atoms with van der Waals surface area (Å²) in [5.41, 5.74) is 1.77. The summed E-state index contributed by atoms with van der Waals surface area (Å²) >= 11 is 0. The molecule has 0 radical (unpaired) electrons. The highest BCUT2D eigenvalue weighted by Gasteiger charge is 2.40. The first-order valence-corrected chi connectivity index (χ1v) is 6.86. The monoisotopic (exact) mass is 293 g/mol. The van der Waals surface area contributed by atoms with E-state index in [0.29, 0.717) is 11.6 Å². The van der Waals surface area contributed by atoms with Crippen LogP contribution >= 0.6 is 0 Å². The number of hydrogen-bond donors (Lipinski definition) is 1. The van der Waals surface area contributed by atoms with Gasteiger partial charge in [-0.15, -0.1) is 0 Å². The lowest BCUT2D eigenvalue weighted by Crippen LogP contribution is -2.27. The highest BCUT2D eigenvalue weighted by atomic mass is 19.4. The van der Waals surface area contributed by atoms with Gasteiger partial charge >= 0.3 is 6.18 Å². The minimum Gasteiger partial charge on any atom is -0.370 e. The molecule has 0 aliphatic heterocycles. The largest absolute Gasteiger partial charge is 0.412 e. The van der Waals surface area contributed by atoms with Crippen molar-refractivity contribution in [2.24, 2.45) is 0 Å². The van der Waals surface area contributed by atoms with Gasteiger partial charge < -0.3 is 5.32 Å². The van der Waals surface area contributed by atoms with Gasteiger partial charge in [0.25, 0.3) is 0 Å². The smallest absolute Gasteiger partial charge is 0.370 e. The van der Waals surface area contributed by atoms with Crippen molar-refractivity contribution in [1.82, 2.24) is 0 Å². The van der Waals surface area contributed by atoms with Crippen LogP contribution in [0.25, 0.3) is 0 Å². The second-order valence-corrected chi connectivity index (χ2v) is 5.31. The van der Waals surface area contributed by atoms with Crippen molar-refractivity contribution < 1.29 is 13.2 Å². The lowest BCUT2D eigenvalue weighted by atomic mass is 10.0. The molecular weight excluding hydrogens is 275 g/mol. The van der Waals surface area contributed by atoms with E-state index in [1.807, 2.05) is 26.0 Å². The zero-order chi connectivity index (χ0) is 15.5. The summed E-state index contributed by atoms with van der Waals surface area (Å²) in [6.45, 7) is 4.09. The van der Waals surface area contributed by atoms with Gasteiger partial charge in [0.15, 0.2) is 0 Å². The molecule has 0 saturated carbocycles. The Morgan fingerprint density at radius 2 is 1.38 bits per heavy atom. The van der Waals surface area contributed by atoms with E-state index in [4.69, 9.17) is 0 Å². The third-order valence-corrected chi connectivity index (χ3v) is 3.35. The summed E-state index contributed by atoms with van der Waals surface area (Å²) in [4.78, 5) is 0. The Kier molecular flexibility index (Phi) is 4.56. The number of alkyl halides is 3. The Morgan fingerprint density at radius 1 is 0.810 bits per heavy atom. The van der Waals surface area contributed by atoms with Crippen molar-refractivity contribution in [2.45, 2.75) is 32.0 Å². The normalized spacial score (nSPS) is 13.2. The standard InChI is InChI=1S/C17H18F3N/c1-12(2)13-8-10-15(11-9-13)21-16(17(18,19)20)14-6-4-3-5-7-14/h3-12,16,21H,1-2H3. The fraction of sp³-hybridized carbons (Fsp3) is 0.294. The first kappa shape index (κ1) is 15.4. The number of hydrogen-bond acceptors (Lipinski definition) is 1. The third kappa shape index (κ3) is 4.00. The molecule has 0 aliphatic rings. The molecule has 1 nitrogen and oxygen atoms in total. The zero-order valence-corrected chi connectivity index (χ0v) is 12.0. The average Bonchev–Trinajstić information content (AvgIpc) is 2.45. The van der Waals surface area contributed by atoms with E-state index in [-0.39, 0.29) is 5.56 Å². The van der Waals surface area contributed by atoms with Crippen molar-refractivity contribution in [2.75, 3.05) is 5.32 Å². The molecule has 1 atom stereocenters. The van der Waals surface area contributed by atoms with E-state index in [2.05, 4.69) is 5.32 Å². The van der Waals surface area contributed by atoms with Crippen molar-refractivity contribution in [1.29, 1.82) is 0 Å². The minimum absolute atomic E-state index is 0.206. The van der Waals surface area contributed by atoms with Gasteiger partial charge in [-0.25, -0.2) is 0 Å². The Morgan fingerprint density at radius 3 is 1.86 bits per heavy atom. The van der Waals surface area contributed by atoms with Crippen LogP contribution in [0, 0.1) is 0 Å². The molecule has 2 aromatic rings. The van der Waals surface area contributed by atoms with Crippen LogP contribution in [0.3, 0.4) is 0 Å². The van der Waals surface area contributed by atoms with Crippen molar-refractivity contribution >= 4 is 5.69 Å². The molecule has 0 aromatic heterocycles. The Labute approximate surface area is 122 Å². The van der Waals surface area contributed by atoms with Gasteiger partial charge in [-0.2, -0.15) is 13.2 Å². The molecule has 1 unspecified atom stereocenters. The Hall–Kier alpha value is -1.97. The third-order valence-electron chi connectivity index (χ3n) is 3.35. The van der Waals surface area contributed by atoms with Crippen LogP contribution in [0.2, 0.25) is 0 Å². The maximum atomic E-state index is 13.2. The van der Waals surface area contributed by atoms with Gasteiger partial charge in [0.05, 0.1) is 0 Å². The van der Waals surface area contributed by atoms with Gasteiger partial charge in [0.1, 0.15) is 6.04 Å². The fourth-order valence-electron chi connectivity index (χ4n) is 2.13. The molecular formula is C17H18F3N.